The van der Waals surface area contributed by atoms with Gasteiger partial charge in [0.25, 0.3) is 32.1 Å². The Morgan fingerprint density at radius 2 is 0.926 bits per heavy atom. The minimum atomic E-state index is -4.73. The molecule has 0 unspecified atom stereocenters. The van der Waals surface area contributed by atoms with E-state index < -0.39 is 53.4 Å². The van der Waals surface area contributed by atoms with E-state index in [2.05, 4.69) is 78.8 Å². The molecule has 9 rings (SSSR count). The van der Waals surface area contributed by atoms with Gasteiger partial charge < -0.3 is 40.9 Å². The second-order valence-electron chi connectivity index (χ2n) is 21.6. The van der Waals surface area contributed by atoms with E-state index in [4.69, 9.17) is 35.1 Å². The number of ketones is 2. The van der Waals surface area contributed by atoms with Crippen LogP contribution in [0.4, 0.5) is 79.3 Å². The number of benzene rings is 4. The smallest absolute Gasteiger partial charge is 0.296 e. The highest BCUT2D eigenvalue weighted by molar-refractivity contribution is 7.99. The molecule has 0 aliphatic carbocycles. The first-order chi connectivity index (χ1) is 45.6. The molecule has 3 aromatic heterocycles. The van der Waals surface area contributed by atoms with Crippen LogP contribution in [0.15, 0.2) is 131 Å². The summed E-state index contributed by atoms with van der Waals surface area (Å²) in [6.07, 6.45) is 8.39. The number of nitrogens with zero attached hydrogens (tertiary/aromatic N) is 13. The average molecular weight is 1390 g/mol. The number of aromatic nitrogens is 5. The van der Waals surface area contributed by atoms with Gasteiger partial charge in [0.2, 0.25) is 22.2 Å². The first-order valence-corrected chi connectivity index (χ1v) is 36.3. The monoisotopic (exact) mass is 1390 g/mol. The van der Waals surface area contributed by atoms with Crippen LogP contribution in [-0.2, 0) is 39.4 Å². The lowest BCUT2D eigenvalue weighted by Gasteiger charge is -2.27. The van der Waals surface area contributed by atoms with Crippen LogP contribution in [0.25, 0.3) is 12.2 Å². The maximum Gasteiger partial charge on any atom is 0.296 e. The third kappa shape index (κ3) is 18.1. The number of Topliss-reactive ketones (excluding diaryl/α,β-unsaturated/α-hetero) is 2. The van der Waals surface area contributed by atoms with Crippen LogP contribution in [0.5, 0.6) is 0 Å². The largest absolute Gasteiger partial charge is 0.372 e. The Morgan fingerprint density at radius 3 is 1.28 bits per heavy atom. The maximum atomic E-state index is 13.8. The second-order valence-corrected chi connectivity index (χ2v) is 27.7. The first kappa shape index (κ1) is 70.4. The molecule has 4 aromatic carbocycles. The van der Waals surface area contributed by atoms with Crippen LogP contribution >= 0.6 is 34.4 Å². The Balaban J connectivity index is 1.06. The number of para-hydroxylation sites is 2. The van der Waals surface area contributed by atoms with Crippen LogP contribution in [0.3, 0.4) is 0 Å². The van der Waals surface area contributed by atoms with Crippen LogP contribution in [-0.4, -0.2) is 132 Å². The van der Waals surface area contributed by atoms with E-state index in [1.165, 1.54) is 74.2 Å². The normalized spacial score (nSPS) is 14.1. The van der Waals surface area contributed by atoms with Gasteiger partial charge >= 0.3 is 0 Å². The number of anilines is 10. The summed E-state index contributed by atoms with van der Waals surface area (Å²) in [6, 6.07) is 22.0. The van der Waals surface area contributed by atoms with Gasteiger partial charge in [0.1, 0.15) is 32.8 Å². The van der Waals surface area contributed by atoms with Crippen molar-refractivity contribution < 1.29 is 45.1 Å². The molecule has 6 N–H and O–H groups in total. The Labute approximate surface area is 563 Å². The Bertz CT molecular complexity index is 4080. The third-order valence-corrected chi connectivity index (χ3v) is 19.6. The van der Waals surface area contributed by atoms with Crippen molar-refractivity contribution in [3.8, 4) is 0 Å². The zero-order valence-corrected chi connectivity index (χ0v) is 57.4. The molecule has 27 nitrogen and oxygen atoms in total. The molecule has 0 bridgehead atoms. The van der Waals surface area contributed by atoms with Crippen LogP contribution in [0.1, 0.15) is 96.7 Å². The van der Waals surface area contributed by atoms with E-state index in [0.29, 0.717) is 107 Å². The third-order valence-electron chi connectivity index (χ3n) is 15.3. The van der Waals surface area contributed by atoms with Crippen molar-refractivity contribution in [3.05, 3.63) is 106 Å². The lowest BCUT2D eigenvalue weighted by molar-refractivity contribution is -0.120. The number of azo groups is 2. The predicted octanol–water partition coefficient (Wildman–Crippen LogP) is 13.6. The molecule has 5 heterocycles. The van der Waals surface area contributed by atoms with Crippen LogP contribution in [0.2, 0.25) is 0 Å². The quantitative estimate of drug-likeness (QED) is 0.00662. The number of piperidine rings is 2. The summed E-state index contributed by atoms with van der Waals surface area (Å²) in [7, 11) is -9.45. The van der Waals surface area contributed by atoms with Crippen molar-refractivity contribution in [1.82, 2.24) is 24.9 Å². The summed E-state index contributed by atoms with van der Waals surface area (Å²) < 4.78 is 68.5. The summed E-state index contributed by atoms with van der Waals surface area (Å²) in [6.45, 7) is 18.0. The van der Waals surface area contributed by atoms with Crippen molar-refractivity contribution in [2.45, 2.75) is 102 Å². The summed E-state index contributed by atoms with van der Waals surface area (Å²) in [5.41, 5.74) is 2.48. The molecule has 0 saturated carbocycles. The number of nitrogens with one attached hydrogen (secondary N) is 4. The number of thioether (sulfide) groups is 1. The summed E-state index contributed by atoms with van der Waals surface area (Å²) >= 11 is 3.61. The molecule has 0 radical (unpaired) electrons. The zero-order chi connectivity index (χ0) is 68.0. The molecule has 2 amide bonds. The number of hydrogen-bond acceptors (Lipinski definition) is 26. The van der Waals surface area contributed by atoms with Gasteiger partial charge in [0, 0.05) is 63.7 Å². The van der Waals surface area contributed by atoms with Gasteiger partial charge in [0.15, 0.2) is 16.7 Å². The Kier molecular flexibility index (Phi) is 23.7. The van der Waals surface area contributed by atoms with Gasteiger partial charge in [-0.05, 0) is 159 Å². The fraction of sp³-hybridized carbons (Fsp3) is 0.349. The summed E-state index contributed by atoms with van der Waals surface area (Å²) in [4.78, 5) is 86.7. The topological polar surface area (TPSA) is 352 Å². The lowest BCUT2D eigenvalue weighted by Crippen LogP contribution is -2.30. The minimum Gasteiger partial charge on any atom is -0.372 e. The van der Waals surface area contributed by atoms with E-state index in [1.807, 2.05) is 43.3 Å². The summed E-state index contributed by atoms with van der Waals surface area (Å²) in [5.74, 6) is -1.07. The number of hydrogen-bond donors (Lipinski definition) is 6. The number of rotatable bonds is 28. The maximum absolute atomic E-state index is 13.8. The van der Waals surface area contributed by atoms with Crippen LogP contribution < -0.4 is 40.9 Å². The molecular formula is C63H73N17O10S5. The fourth-order valence-electron chi connectivity index (χ4n) is 10.5. The van der Waals surface area contributed by atoms with E-state index in [9.17, 15) is 45.1 Å². The van der Waals surface area contributed by atoms with Gasteiger partial charge in [-0.15, -0.1) is 20.5 Å². The minimum absolute atomic E-state index is 0.160. The van der Waals surface area contributed by atoms with Crippen molar-refractivity contribution in [3.63, 3.8) is 0 Å². The Hall–Kier alpha value is -8.92. The summed E-state index contributed by atoms with van der Waals surface area (Å²) in [5, 5.41) is 31.4. The molecule has 2 aliphatic heterocycles. The van der Waals surface area contributed by atoms with Gasteiger partial charge in [-0.3, -0.25) is 28.3 Å². The molecule has 95 heavy (non-hydrogen) atoms. The van der Waals surface area contributed by atoms with Crippen molar-refractivity contribution in [2.75, 3.05) is 99.0 Å². The highest BCUT2D eigenvalue weighted by atomic mass is 32.2. The van der Waals surface area contributed by atoms with Crippen molar-refractivity contribution in [1.29, 1.82) is 0 Å². The van der Waals surface area contributed by atoms with Gasteiger partial charge in [-0.2, -0.15) is 41.8 Å². The van der Waals surface area contributed by atoms with E-state index in [0.717, 1.165) is 84.7 Å². The fourth-order valence-corrected chi connectivity index (χ4v) is 14.1. The van der Waals surface area contributed by atoms with Crippen molar-refractivity contribution >= 4 is 169 Å². The molecule has 2 saturated heterocycles. The molecule has 2 aliphatic rings. The lowest BCUT2D eigenvalue weighted by atomic mass is 10.1. The van der Waals surface area contributed by atoms with Gasteiger partial charge in [-0.25, -0.2) is 0 Å². The second kappa shape index (κ2) is 32.0. The highest BCUT2D eigenvalue weighted by Gasteiger charge is 2.27. The molecule has 7 aromatic rings. The number of carbonyl (C=O) groups excluding carboxylic acids is 4. The Morgan fingerprint density at radius 1 is 0.537 bits per heavy atom. The number of amides is 2. The molecular weight excluding hydrogens is 1320 g/mol. The molecule has 0 spiro atoms. The molecule has 500 valence electrons. The molecule has 0 atom stereocenters. The van der Waals surface area contributed by atoms with Crippen LogP contribution in [0, 0.1) is 0 Å². The first-order valence-electron chi connectivity index (χ1n) is 30.8. The van der Waals surface area contributed by atoms with Crippen molar-refractivity contribution in [2.24, 2.45) is 20.5 Å². The van der Waals surface area contributed by atoms with Gasteiger partial charge in [-0.1, -0.05) is 65.6 Å². The molecule has 32 heteroatoms. The standard InChI is InChI=1S/C63H73N17O10S5/c1-8-77(9-2)41-27-29-45(73-75-62-68-55(79-31-19-13-20-32-79)51(92-62)37-43(39(6)81)57(83)64-47-23-15-17-25-53(47)94(85,86)87)49(35-41)66-59-70-60(72-61(71-59)91-12-5)67-50-36-42(78(10-3)11-4)28-30-46(50)74-76-63-69-56(80-33-21-14-22-34-80)52(93-63)38-44(40(7)82)58(84)65-48-24-16-18-26-54(48)95(88,89)90/h15-18,23-30,35-38H,8-14,19-22,31-34H2,1-7H3,(H,64,83)(H,65,84)(H,85,86,87)(H,88,89,90)(H2,66,67,70,71,72). The SMILES string of the molecule is CCSc1nc(Nc2cc(N(CC)CC)ccc2N=Nc2nc(N3CCCCC3)c(C=C(C(C)=O)C(=O)Nc3ccccc3S(=O)(=O)O)s2)nc(Nc2cc(N(CC)CC)ccc2N=Nc2nc(N3CCCCC3)c(C=C(C(C)=O)C(=O)Nc3ccccc3S(=O)(=O)O)s2)n1. The predicted molar refractivity (Wildman–Crippen MR) is 375 cm³/mol. The highest BCUT2D eigenvalue weighted by Crippen LogP contribution is 2.41. The number of carbonyl (C=O) groups is 4. The van der Waals surface area contributed by atoms with E-state index in [-0.39, 0.29) is 44.7 Å². The number of thiazole rings is 2. The average Bonchev–Trinajstić information content (AvgIpc) is 1.81. The van der Waals surface area contributed by atoms with Gasteiger partial charge in [0.05, 0.1) is 43.7 Å². The van der Waals surface area contributed by atoms with E-state index in [1.54, 1.807) is 0 Å². The van der Waals surface area contributed by atoms with E-state index >= 15 is 0 Å². The zero-order valence-electron chi connectivity index (χ0n) is 53.4. The molecule has 2 fully saturated rings.